The molecule has 3 aliphatic carbocycles. The Morgan fingerprint density at radius 3 is 1.40 bits per heavy atom. The number of nitrogens with zero attached hydrogens (tertiary/aromatic N) is 8. The second-order valence-corrected chi connectivity index (χ2v) is 15.9. The van der Waals surface area contributed by atoms with Gasteiger partial charge in [0.05, 0.1) is 23.7 Å². The van der Waals surface area contributed by atoms with Crippen LogP contribution in [0.1, 0.15) is 39.5 Å². The van der Waals surface area contributed by atoms with Crippen molar-refractivity contribution >= 4 is 35.3 Å². The Bertz CT molecular complexity index is 1580. The first-order chi connectivity index (χ1) is 25.3. The summed E-state index contributed by atoms with van der Waals surface area (Å²) in [6, 6.07) is 12.0. The highest BCUT2D eigenvalue weighted by Crippen LogP contribution is 2.65. The van der Waals surface area contributed by atoms with Crippen molar-refractivity contribution < 1.29 is 19.2 Å². The van der Waals surface area contributed by atoms with Crippen molar-refractivity contribution in [1.29, 1.82) is 0 Å². The van der Waals surface area contributed by atoms with Gasteiger partial charge < -0.3 is 9.80 Å². The molecule has 5 fully saturated rings. The highest BCUT2D eigenvalue weighted by Gasteiger charge is 2.73. The molecule has 12 nitrogen and oxygen atoms in total. The zero-order valence-corrected chi connectivity index (χ0v) is 30.6. The summed E-state index contributed by atoms with van der Waals surface area (Å²) in [4.78, 5) is 77.6. The quantitative estimate of drug-likeness (QED) is 0.185. The molecule has 2 bridgehead atoms. The Balaban J connectivity index is 0.832. The van der Waals surface area contributed by atoms with Crippen molar-refractivity contribution in [3.63, 3.8) is 0 Å². The molecule has 2 aromatic heterocycles. The molecule has 1 saturated carbocycles. The van der Waals surface area contributed by atoms with E-state index in [0.717, 1.165) is 108 Å². The number of pyridine rings is 2. The molecule has 4 saturated heterocycles. The molecular weight excluding hydrogens is 656 g/mol. The number of piperazine rings is 2. The van der Waals surface area contributed by atoms with E-state index in [0.29, 0.717) is 13.1 Å². The number of carbonyl (C=O) groups excluding carboxylic acids is 4. The molecule has 276 valence electrons. The van der Waals surface area contributed by atoms with Crippen LogP contribution in [0.5, 0.6) is 0 Å². The molecule has 4 unspecified atom stereocenters. The number of carbonyl (C=O) groups is 4. The maximum absolute atomic E-state index is 14.1. The molecule has 4 atom stereocenters. The number of hydrogen-bond acceptors (Lipinski definition) is 10. The number of imide groups is 2. The monoisotopic (exact) mass is 708 g/mol. The molecular formula is C40H52N8O4. The summed E-state index contributed by atoms with van der Waals surface area (Å²) < 4.78 is 0. The average molecular weight is 709 g/mol. The van der Waals surface area contributed by atoms with Crippen LogP contribution in [0.25, 0.3) is 0 Å². The lowest BCUT2D eigenvalue weighted by Gasteiger charge is -2.53. The minimum absolute atomic E-state index is 0.150. The molecule has 52 heavy (non-hydrogen) atoms. The second-order valence-electron chi connectivity index (χ2n) is 15.9. The van der Waals surface area contributed by atoms with Gasteiger partial charge in [-0.1, -0.05) is 30.7 Å². The van der Waals surface area contributed by atoms with Gasteiger partial charge >= 0.3 is 0 Å². The highest BCUT2D eigenvalue weighted by atomic mass is 16.2. The van der Waals surface area contributed by atoms with Crippen LogP contribution in [-0.2, 0) is 19.2 Å². The van der Waals surface area contributed by atoms with Gasteiger partial charge in [-0.15, -0.1) is 0 Å². The molecule has 7 aliphatic rings. The molecule has 0 N–H and O–H groups in total. The third-order valence-corrected chi connectivity index (χ3v) is 13.0. The van der Waals surface area contributed by atoms with E-state index in [1.165, 1.54) is 9.80 Å². The van der Waals surface area contributed by atoms with Crippen LogP contribution in [-0.4, -0.2) is 132 Å². The van der Waals surface area contributed by atoms with E-state index in [1.54, 1.807) is 0 Å². The van der Waals surface area contributed by atoms with Gasteiger partial charge in [0.25, 0.3) is 0 Å². The maximum atomic E-state index is 14.1. The molecule has 6 heterocycles. The van der Waals surface area contributed by atoms with Gasteiger partial charge in [0.15, 0.2) is 0 Å². The van der Waals surface area contributed by atoms with E-state index < -0.39 is 35.0 Å². The maximum Gasteiger partial charge on any atom is 0.234 e. The predicted octanol–water partition coefficient (Wildman–Crippen LogP) is 2.78. The van der Waals surface area contributed by atoms with Crippen molar-refractivity contribution in [3.05, 3.63) is 60.4 Å². The van der Waals surface area contributed by atoms with Gasteiger partial charge in [-0.25, -0.2) is 9.97 Å². The van der Waals surface area contributed by atoms with Crippen molar-refractivity contribution in [2.45, 2.75) is 39.5 Å². The van der Waals surface area contributed by atoms with E-state index in [2.05, 4.69) is 35.6 Å². The summed E-state index contributed by atoms with van der Waals surface area (Å²) >= 11 is 0. The summed E-state index contributed by atoms with van der Waals surface area (Å²) in [7, 11) is 0. The van der Waals surface area contributed by atoms with Gasteiger partial charge in [-0.05, 0) is 70.0 Å². The van der Waals surface area contributed by atoms with Gasteiger partial charge in [-0.2, -0.15) is 0 Å². The molecule has 9 rings (SSSR count). The fourth-order valence-electron chi connectivity index (χ4n) is 10.4. The van der Waals surface area contributed by atoms with Crippen LogP contribution >= 0.6 is 0 Å². The third-order valence-electron chi connectivity index (χ3n) is 13.0. The van der Waals surface area contributed by atoms with Crippen molar-refractivity contribution in [1.82, 2.24) is 29.6 Å². The lowest BCUT2D eigenvalue weighted by molar-refractivity contribution is -0.146. The minimum atomic E-state index is -0.849. The Morgan fingerprint density at radius 1 is 0.577 bits per heavy atom. The highest BCUT2D eigenvalue weighted by molar-refractivity contribution is 6.11. The van der Waals surface area contributed by atoms with Crippen LogP contribution in [0.4, 0.5) is 11.6 Å². The molecule has 0 spiro atoms. The van der Waals surface area contributed by atoms with Crippen molar-refractivity contribution in [2.24, 2.45) is 35.0 Å². The lowest BCUT2D eigenvalue weighted by Crippen LogP contribution is -2.57. The van der Waals surface area contributed by atoms with Crippen LogP contribution in [0.2, 0.25) is 0 Å². The van der Waals surface area contributed by atoms with E-state index in [4.69, 9.17) is 0 Å². The number of unbranched alkanes of at least 4 members (excludes halogenated alkanes) is 2. The smallest absolute Gasteiger partial charge is 0.234 e. The zero-order valence-electron chi connectivity index (χ0n) is 30.6. The molecule has 2 aromatic rings. The summed E-state index contributed by atoms with van der Waals surface area (Å²) in [5, 5.41) is 0. The third kappa shape index (κ3) is 6.11. The Hall–Kier alpha value is -4.16. The van der Waals surface area contributed by atoms with Gasteiger partial charge in [0.2, 0.25) is 23.6 Å². The number of rotatable bonds is 12. The number of aromatic nitrogens is 2. The van der Waals surface area contributed by atoms with E-state index in [-0.39, 0.29) is 23.6 Å². The standard InChI is InChI=1S/C40H52N8O4/c1-28-27-40(2)34-32(36(49)47(38(34)51)17-9-7-15-43-19-23-45(24-20-43)29-11-3-5-13-41-29)31(28)33-35(40)39(52)48(37(33)50)18-10-8-16-44-21-25-46(26-22-44)30-12-4-6-14-42-30/h3-6,11-14,27,31-35H,7-10,15-26H2,1-2H3. The van der Waals surface area contributed by atoms with Gasteiger partial charge in [0, 0.05) is 89.2 Å². The first-order valence-corrected chi connectivity index (χ1v) is 19.4. The fourth-order valence-corrected chi connectivity index (χ4v) is 10.4. The van der Waals surface area contributed by atoms with Gasteiger partial charge in [-0.3, -0.25) is 38.8 Å². The molecule has 0 aromatic carbocycles. The Morgan fingerprint density at radius 2 is 1.00 bits per heavy atom. The first kappa shape index (κ1) is 34.9. The first-order valence-electron chi connectivity index (χ1n) is 19.4. The Labute approximate surface area is 306 Å². The summed E-state index contributed by atoms with van der Waals surface area (Å²) in [6.07, 6.45) is 9.00. The molecule has 12 heteroatoms. The van der Waals surface area contributed by atoms with Gasteiger partial charge in [0.1, 0.15) is 11.6 Å². The topological polar surface area (TPSA) is 114 Å². The average Bonchev–Trinajstić information content (AvgIpc) is 3.58. The SMILES string of the molecule is CC1=CC2(C)C3C(=O)N(CCCCN4CCN(c5ccccn5)CC4)C(=O)C3C1C1C(=O)N(CCCCN3CCN(c4ccccn4)CC3)C(=O)C12. The van der Waals surface area contributed by atoms with E-state index >= 15 is 0 Å². The predicted molar refractivity (Wildman–Crippen MR) is 197 cm³/mol. The molecule has 4 aliphatic heterocycles. The van der Waals surface area contributed by atoms with E-state index in [9.17, 15) is 19.2 Å². The number of hydrogen-bond donors (Lipinski definition) is 0. The Kier molecular flexibility index (Phi) is 9.63. The summed E-state index contributed by atoms with van der Waals surface area (Å²) in [5.41, 5.74) is 0.128. The van der Waals surface area contributed by atoms with Crippen LogP contribution in [0.3, 0.4) is 0 Å². The summed E-state index contributed by atoms with van der Waals surface area (Å²) in [5.74, 6) is -1.29. The van der Waals surface area contributed by atoms with E-state index in [1.807, 2.05) is 62.6 Å². The van der Waals surface area contributed by atoms with Crippen molar-refractivity contribution in [3.8, 4) is 0 Å². The fraction of sp³-hybridized carbons (Fsp3) is 0.600. The normalized spacial score (nSPS) is 30.7. The zero-order chi connectivity index (χ0) is 36.0. The molecule has 0 radical (unpaired) electrons. The number of allylic oxidation sites excluding steroid dienone is 2. The second kappa shape index (κ2) is 14.3. The number of anilines is 2. The van der Waals surface area contributed by atoms with Crippen LogP contribution in [0.15, 0.2) is 60.4 Å². The van der Waals surface area contributed by atoms with Crippen LogP contribution < -0.4 is 9.80 Å². The van der Waals surface area contributed by atoms with Crippen LogP contribution in [0, 0.1) is 35.0 Å². The number of likely N-dealkylation sites (tertiary alicyclic amines) is 2. The largest absolute Gasteiger partial charge is 0.354 e. The number of amides is 4. The summed E-state index contributed by atoms with van der Waals surface area (Å²) in [6.45, 7) is 14.1. The van der Waals surface area contributed by atoms with Crippen molar-refractivity contribution in [2.75, 3.05) is 88.3 Å². The minimum Gasteiger partial charge on any atom is -0.354 e. The lowest BCUT2D eigenvalue weighted by atomic mass is 9.46. The molecule has 4 amide bonds.